The van der Waals surface area contributed by atoms with Crippen molar-refractivity contribution in [3.8, 4) is 0 Å². The molecule has 4 heteroatoms. The number of aromatic nitrogens is 1. The highest BCUT2D eigenvalue weighted by Gasteiger charge is 2.35. The van der Waals surface area contributed by atoms with Crippen LogP contribution in [0.2, 0.25) is 0 Å². The Labute approximate surface area is 130 Å². The minimum absolute atomic E-state index is 0.00118. The Kier molecular flexibility index (Phi) is 3.25. The van der Waals surface area contributed by atoms with E-state index >= 15 is 0 Å². The van der Waals surface area contributed by atoms with Gasteiger partial charge in [-0.2, -0.15) is 0 Å². The Bertz CT molecular complexity index is 681. The molecule has 22 heavy (non-hydrogen) atoms. The Hall–Kier alpha value is -2.10. The van der Waals surface area contributed by atoms with E-state index in [1.807, 2.05) is 11.0 Å². The SMILES string of the molecule is Cc1ccc(CN(C(=O)c2cc(C3CC3)on2)C2CC2)cc1. The highest BCUT2D eigenvalue weighted by molar-refractivity contribution is 5.92. The average molecular weight is 296 g/mol. The summed E-state index contributed by atoms with van der Waals surface area (Å²) in [6.07, 6.45) is 4.48. The number of aryl methyl sites for hydroxylation is 1. The van der Waals surface area contributed by atoms with Crippen LogP contribution in [0.5, 0.6) is 0 Å². The number of carbonyl (C=O) groups is 1. The molecule has 1 heterocycles. The van der Waals surface area contributed by atoms with Crippen LogP contribution in [-0.4, -0.2) is 22.0 Å². The first-order valence-electron chi connectivity index (χ1n) is 8.04. The number of amides is 1. The number of hydrogen-bond donors (Lipinski definition) is 0. The molecular weight excluding hydrogens is 276 g/mol. The summed E-state index contributed by atoms with van der Waals surface area (Å²) < 4.78 is 5.33. The van der Waals surface area contributed by atoms with Gasteiger partial charge in [0.15, 0.2) is 5.69 Å². The van der Waals surface area contributed by atoms with Gasteiger partial charge in [0.05, 0.1) is 0 Å². The molecule has 0 N–H and O–H groups in total. The molecule has 2 fully saturated rings. The predicted molar refractivity (Wildman–Crippen MR) is 82.6 cm³/mol. The van der Waals surface area contributed by atoms with Gasteiger partial charge in [-0.25, -0.2) is 0 Å². The van der Waals surface area contributed by atoms with Crippen LogP contribution in [0.1, 0.15) is 59.0 Å². The summed E-state index contributed by atoms with van der Waals surface area (Å²) in [7, 11) is 0. The van der Waals surface area contributed by atoms with Crippen LogP contribution in [0.25, 0.3) is 0 Å². The minimum atomic E-state index is -0.00118. The van der Waals surface area contributed by atoms with E-state index in [4.69, 9.17) is 4.52 Å². The van der Waals surface area contributed by atoms with Crippen molar-refractivity contribution in [3.63, 3.8) is 0 Å². The van der Waals surface area contributed by atoms with Crippen molar-refractivity contribution in [1.82, 2.24) is 10.1 Å². The van der Waals surface area contributed by atoms with Crippen LogP contribution in [0, 0.1) is 6.92 Å². The summed E-state index contributed by atoms with van der Waals surface area (Å²) in [5.41, 5.74) is 2.86. The molecule has 2 saturated carbocycles. The van der Waals surface area contributed by atoms with Gasteiger partial charge >= 0.3 is 0 Å². The number of benzene rings is 1. The van der Waals surface area contributed by atoms with Crippen molar-refractivity contribution in [2.24, 2.45) is 0 Å². The van der Waals surface area contributed by atoms with E-state index in [9.17, 15) is 4.79 Å². The third-order valence-corrected chi connectivity index (χ3v) is 4.45. The molecule has 4 nitrogen and oxygen atoms in total. The van der Waals surface area contributed by atoms with Crippen LogP contribution in [-0.2, 0) is 6.54 Å². The van der Waals surface area contributed by atoms with Gasteiger partial charge in [0.25, 0.3) is 5.91 Å². The topological polar surface area (TPSA) is 46.3 Å². The lowest BCUT2D eigenvalue weighted by Gasteiger charge is -2.21. The lowest BCUT2D eigenvalue weighted by molar-refractivity contribution is 0.0719. The molecule has 1 aromatic carbocycles. The maximum Gasteiger partial charge on any atom is 0.276 e. The van der Waals surface area contributed by atoms with Crippen molar-refractivity contribution in [2.75, 3.05) is 0 Å². The summed E-state index contributed by atoms with van der Waals surface area (Å²) in [6, 6.07) is 10.6. The first kappa shape index (κ1) is 13.6. The number of carbonyl (C=O) groups excluding carboxylic acids is 1. The average Bonchev–Trinajstić information content (AvgIpc) is 3.45. The fourth-order valence-corrected chi connectivity index (χ4v) is 2.74. The molecule has 4 rings (SSSR count). The van der Waals surface area contributed by atoms with Gasteiger partial charge < -0.3 is 9.42 Å². The minimum Gasteiger partial charge on any atom is -0.360 e. The largest absolute Gasteiger partial charge is 0.360 e. The molecular formula is C18H20N2O2. The molecule has 1 amide bonds. The van der Waals surface area contributed by atoms with Gasteiger partial charge in [0, 0.05) is 24.6 Å². The maximum atomic E-state index is 12.8. The van der Waals surface area contributed by atoms with Crippen LogP contribution in [0.4, 0.5) is 0 Å². The van der Waals surface area contributed by atoms with Crippen molar-refractivity contribution >= 4 is 5.91 Å². The highest BCUT2D eigenvalue weighted by atomic mass is 16.5. The van der Waals surface area contributed by atoms with Gasteiger partial charge in [-0.05, 0) is 38.2 Å². The van der Waals surface area contributed by atoms with E-state index in [2.05, 4.69) is 36.3 Å². The predicted octanol–water partition coefficient (Wildman–Crippen LogP) is 3.67. The maximum absolute atomic E-state index is 12.8. The van der Waals surface area contributed by atoms with Gasteiger partial charge in [-0.3, -0.25) is 4.79 Å². The molecule has 1 aromatic heterocycles. The van der Waals surface area contributed by atoms with Crippen LogP contribution >= 0.6 is 0 Å². The summed E-state index contributed by atoms with van der Waals surface area (Å²) in [5, 5.41) is 4.00. The third-order valence-electron chi connectivity index (χ3n) is 4.45. The molecule has 2 aliphatic carbocycles. The third kappa shape index (κ3) is 2.78. The lowest BCUT2D eigenvalue weighted by Crippen LogP contribution is -2.32. The summed E-state index contributed by atoms with van der Waals surface area (Å²) >= 11 is 0. The molecule has 0 spiro atoms. The molecule has 2 aliphatic rings. The Balaban J connectivity index is 1.52. The van der Waals surface area contributed by atoms with Crippen LogP contribution in [0.3, 0.4) is 0 Å². The van der Waals surface area contributed by atoms with E-state index in [1.54, 1.807) is 0 Å². The van der Waals surface area contributed by atoms with Crippen molar-refractivity contribution in [1.29, 1.82) is 0 Å². The van der Waals surface area contributed by atoms with Gasteiger partial charge in [0.2, 0.25) is 0 Å². The lowest BCUT2D eigenvalue weighted by atomic mass is 10.1. The molecule has 114 valence electrons. The highest BCUT2D eigenvalue weighted by Crippen LogP contribution is 2.40. The molecule has 0 aliphatic heterocycles. The fourth-order valence-electron chi connectivity index (χ4n) is 2.74. The molecule has 0 bridgehead atoms. The second kappa shape index (κ2) is 5.27. The van der Waals surface area contributed by atoms with Gasteiger partial charge in [0.1, 0.15) is 5.76 Å². The normalized spacial score (nSPS) is 17.5. The second-order valence-corrected chi connectivity index (χ2v) is 6.54. The van der Waals surface area contributed by atoms with E-state index in [1.165, 1.54) is 5.56 Å². The van der Waals surface area contributed by atoms with E-state index in [0.29, 0.717) is 24.2 Å². The monoisotopic (exact) mass is 296 g/mol. The summed E-state index contributed by atoms with van der Waals surface area (Å²) in [4.78, 5) is 14.7. The first-order valence-corrected chi connectivity index (χ1v) is 8.04. The molecule has 0 atom stereocenters. The molecule has 0 radical (unpaired) electrons. The molecule has 0 saturated heterocycles. The van der Waals surface area contributed by atoms with Gasteiger partial charge in [-0.15, -0.1) is 0 Å². The zero-order chi connectivity index (χ0) is 15.1. The zero-order valence-electron chi connectivity index (χ0n) is 12.8. The first-order chi connectivity index (χ1) is 10.7. The van der Waals surface area contributed by atoms with Crippen molar-refractivity contribution in [2.45, 2.75) is 51.1 Å². The van der Waals surface area contributed by atoms with Crippen molar-refractivity contribution in [3.05, 3.63) is 52.9 Å². The number of hydrogen-bond acceptors (Lipinski definition) is 3. The quantitative estimate of drug-likeness (QED) is 0.845. The second-order valence-electron chi connectivity index (χ2n) is 6.54. The van der Waals surface area contributed by atoms with Crippen LogP contribution in [0.15, 0.2) is 34.9 Å². The number of rotatable bonds is 5. The molecule has 2 aromatic rings. The smallest absolute Gasteiger partial charge is 0.276 e. The van der Waals surface area contributed by atoms with Gasteiger partial charge in [-0.1, -0.05) is 35.0 Å². The standard InChI is InChI=1S/C18H20N2O2/c1-12-2-4-13(5-3-12)11-20(15-8-9-15)18(21)16-10-17(22-19-16)14-6-7-14/h2-5,10,14-15H,6-9,11H2,1H3. The van der Waals surface area contributed by atoms with Crippen molar-refractivity contribution < 1.29 is 9.32 Å². The Morgan fingerprint density at radius 3 is 2.59 bits per heavy atom. The molecule has 0 unspecified atom stereocenters. The summed E-state index contributed by atoms with van der Waals surface area (Å²) in [5.74, 6) is 1.36. The van der Waals surface area contributed by atoms with E-state index < -0.39 is 0 Å². The van der Waals surface area contributed by atoms with E-state index in [0.717, 1.165) is 37.0 Å². The summed E-state index contributed by atoms with van der Waals surface area (Å²) in [6.45, 7) is 2.72. The zero-order valence-corrected chi connectivity index (χ0v) is 12.8. The fraction of sp³-hybridized carbons (Fsp3) is 0.444. The Morgan fingerprint density at radius 2 is 1.95 bits per heavy atom. The van der Waals surface area contributed by atoms with E-state index in [-0.39, 0.29) is 5.91 Å². The van der Waals surface area contributed by atoms with Crippen LogP contribution < -0.4 is 0 Å². The number of nitrogens with zero attached hydrogens (tertiary/aromatic N) is 2. The Morgan fingerprint density at radius 1 is 1.23 bits per heavy atom.